The highest BCUT2D eigenvalue weighted by atomic mass is 15.0. The van der Waals surface area contributed by atoms with Crippen LogP contribution >= 0.6 is 0 Å². The SMILES string of the molecule is Cc1ccc(Cc2cn3cc(CN)ccc3n2)cc1. The van der Waals surface area contributed by atoms with Gasteiger partial charge < -0.3 is 10.1 Å². The van der Waals surface area contributed by atoms with Crippen molar-refractivity contribution >= 4 is 5.65 Å². The van der Waals surface area contributed by atoms with Gasteiger partial charge in [-0.15, -0.1) is 0 Å². The highest BCUT2D eigenvalue weighted by Crippen LogP contribution is 2.12. The van der Waals surface area contributed by atoms with E-state index in [4.69, 9.17) is 5.73 Å². The Bertz CT molecular complexity index is 696. The molecule has 2 aromatic heterocycles. The lowest BCUT2D eigenvalue weighted by atomic mass is 10.1. The normalized spacial score (nSPS) is 11.1. The molecule has 3 rings (SSSR count). The summed E-state index contributed by atoms with van der Waals surface area (Å²) in [6.45, 7) is 2.66. The van der Waals surface area contributed by atoms with Crippen molar-refractivity contribution < 1.29 is 0 Å². The monoisotopic (exact) mass is 251 g/mol. The molecule has 1 aromatic carbocycles. The Morgan fingerprint density at radius 2 is 1.74 bits per heavy atom. The van der Waals surface area contributed by atoms with Gasteiger partial charge in [0.1, 0.15) is 5.65 Å². The van der Waals surface area contributed by atoms with Crippen molar-refractivity contribution in [1.82, 2.24) is 9.38 Å². The molecule has 0 saturated heterocycles. The minimum atomic E-state index is 0.557. The maximum Gasteiger partial charge on any atom is 0.137 e. The smallest absolute Gasteiger partial charge is 0.137 e. The number of hydrogen-bond donors (Lipinski definition) is 1. The highest BCUT2D eigenvalue weighted by Gasteiger charge is 2.03. The number of fused-ring (bicyclic) bond motifs is 1. The maximum absolute atomic E-state index is 5.65. The van der Waals surface area contributed by atoms with Gasteiger partial charge in [0.05, 0.1) is 5.69 Å². The fourth-order valence-electron chi connectivity index (χ4n) is 2.21. The minimum absolute atomic E-state index is 0.557. The first-order chi connectivity index (χ1) is 9.24. The highest BCUT2D eigenvalue weighted by molar-refractivity contribution is 5.42. The summed E-state index contributed by atoms with van der Waals surface area (Å²) in [6.07, 6.45) is 4.98. The quantitative estimate of drug-likeness (QED) is 0.777. The van der Waals surface area contributed by atoms with Crippen LogP contribution in [-0.2, 0) is 13.0 Å². The standard InChI is InChI=1S/C16H17N3/c1-12-2-4-13(5-3-12)8-15-11-19-10-14(9-17)6-7-16(19)18-15/h2-7,10-11H,8-9,17H2,1H3. The van der Waals surface area contributed by atoms with Crippen LogP contribution < -0.4 is 5.73 Å². The van der Waals surface area contributed by atoms with Gasteiger partial charge >= 0.3 is 0 Å². The van der Waals surface area contributed by atoms with E-state index in [1.165, 1.54) is 11.1 Å². The van der Waals surface area contributed by atoms with Crippen LogP contribution in [0.25, 0.3) is 5.65 Å². The second-order valence-corrected chi connectivity index (χ2v) is 4.90. The van der Waals surface area contributed by atoms with Crippen LogP contribution in [0.3, 0.4) is 0 Å². The minimum Gasteiger partial charge on any atom is -0.326 e. The van der Waals surface area contributed by atoms with Crippen molar-refractivity contribution in [3.8, 4) is 0 Å². The van der Waals surface area contributed by atoms with E-state index in [1.807, 2.05) is 22.7 Å². The first-order valence-electron chi connectivity index (χ1n) is 6.47. The number of imidazole rings is 1. The third kappa shape index (κ3) is 2.51. The van der Waals surface area contributed by atoms with E-state index in [-0.39, 0.29) is 0 Å². The van der Waals surface area contributed by atoms with Crippen molar-refractivity contribution in [3.05, 3.63) is 71.2 Å². The number of rotatable bonds is 3. The zero-order valence-corrected chi connectivity index (χ0v) is 11.0. The second kappa shape index (κ2) is 4.86. The second-order valence-electron chi connectivity index (χ2n) is 4.90. The van der Waals surface area contributed by atoms with E-state index < -0.39 is 0 Å². The molecule has 0 spiro atoms. The van der Waals surface area contributed by atoms with Gasteiger partial charge in [0, 0.05) is 25.4 Å². The van der Waals surface area contributed by atoms with Gasteiger partial charge in [0.15, 0.2) is 0 Å². The molecule has 2 heterocycles. The Hall–Kier alpha value is -2.13. The number of pyridine rings is 1. The van der Waals surface area contributed by atoms with Crippen molar-refractivity contribution in [2.75, 3.05) is 0 Å². The Kier molecular flexibility index (Phi) is 3.05. The number of aromatic nitrogens is 2. The number of nitrogens with two attached hydrogens (primary N) is 1. The van der Waals surface area contributed by atoms with Gasteiger partial charge in [0.25, 0.3) is 0 Å². The summed E-state index contributed by atoms with van der Waals surface area (Å²) in [7, 11) is 0. The van der Waals surface area contributed by atoms with E-state index >= 15 is 0 Å². The van der Waals surface area contributed by atoms with Crippen LogP contribution in [0.5, 0.6) is 0 Å². The topological polar surface area (TPSA) is 43.3 Å². The molecular weight excluding hydrogens is 234 g/mol. The summed E-state index contributed by atoms with van der Waals surface area (Å²) in [6, 6.07) is 12.6. The molecule has 0 aliphatic carbocycles. The molecule has 0 saturated carbocycles. The molecule has 2 N–H and O–H groups in total. The first kappa shape index (κ1) is 11.9. The number of aryl methyl sites for hydroxylation is 1. The zero-order valence-electron chi connectivity index (χ0n) is 11.0. The molecule has 0 fully saturated rings. The lowest BCUT2D eigenvalue weighted by Crippen LogP contribution is -1.97. The van der Waals surface area contributed by atoms with Gasteiger partial charge in [-0.05, 0) is 24.1 Å². The van der Waals surface area contributed by atoms with Gasteiger partial charge in [-0.1, -0.05) is 35.9 Å². The fourth-order valence-corrected chi connectivity index (χ4v) is 2.21. The molecule has 0 amide bonds. The summed E-state index contributed by atoms with van der Waals surface area (Å²) < 4.78 is 2.05. The van der Waals surface area contributed by atoms with E-state index in [9.17, 15) is 0 Å². The zero-order chi connectivity index (χ0) is 13.2. The van der Waals surface area contributed by atoms with Gasteiger partial charge in [-0.2, -0.15) is 0 Å². The molecule has 19 heavy (non-hydrogen) atoms. The summed E-state index contributed by atoms with van der Waals surface area (Å²) in [5.41, 5.74) is 11.4. The predicted molar refractivity (Wildman–Crippen MR) is 77.1 cm³/mol. The number of hydrogen-bond acceptors (Lipinski definition) is 2. The maximum atomic E-state index is 5.65. The van der Waals surface area contributed by atoms with Crippen LogP contribution in [0.4, 0.5) is 0 Å². The van der Waals surface area contributed by atoms with Gasteiger partial charge in [0.2, 0.25) is 0 Å². The van der Waals surface area contributed by atoms with Crippen molar-refractivity contribution in [2.24, 2.45) is 5.73 Å². The molecule has 0 aliphatic heterocycles. The summed E-state index contributed by atoms with van der Waals surface area (Å²) >= 11 is 0. The Labute approximate surface area is 112 Å². The molecule has 3 nitrogen and oxygen atoms in total. The summed E-state index contributed by atoms with van der Waals surface area (Å²) in [5, 5.41) is 0. The van der Waals surface area contributed by atoms with Crippen LogP contribution in [0.1, 0.15) is 22.4 Å². The molecule has 0 bridgehead atoms. The third-order valence-corrected chi connectivity index (χ3v) is 3.30. The third-order valence-electron chi connectivity index (χ3n) is 3.30. The molecule has 96 valence electrons. The summed E-state index contributed by atoms with van der Waals surface area (Å²) in [4.78, 5) is 4.63. The lowest BCUT2D eigenvalue weighted by molar-refractivity contribution is 1.03. The molecular formula is C16H17N3. The Morgan fingerprint density at radius 3 is 2.47 bits per heavy atom. The molecule has 0 atom stereocenters. The van der Waals surface area contributed by atoms with E-state index in [1.54, 1.807) is 0 Å². The summed E-state index contributed by atoms with van der Waals surface area (Å²) in [5.74, 6) is 0. The van der Waals surface area contributed by atoms with Crippen LogP contribution in [0.2, 0.25) is 0 Å². The molecule has 3 aromatic rings. The predicted octanol–water partition coefficient (Wildman–Crippen LogP) is 2.69. The molecule has 0 unspecified atom stereocenters. The van der Waals surface area contributed by atoms with Crippen LogP contribution in [0, 0.1) is 6.92 Å². The largest absolute Gasteiger partial charge is 0.326 e. The Morgan fingerprint density at radius 1 is 1.00 bits per heavy atom. The van der Waals surface area contributed by atoms with Crippen molar-refractivity contribution in [2.45, 2.75) is 19.9 Å². The van der Waals surface area contributed by atoms with E-state index in [0.717, 1.165) is 23.3 Å². The van der Waals surface area contributed by atoms with E-state index in [0.29, 0.717) is 6.54 Å². The van der Waals surface area contributed by atoms with Crippen molar-refractivity contribution in [1.29, 1.82) is 0 Å². The van der Waals surface area contributed by atoms with Gasteiger partial charge in [-0.3, -0.25) is 0 Å². The van der Waals surface area contributed by atoms with Crippen LogP contribution in [0.15, 0.2) is 48.8 Å². The number of nitrogens with zero attached hydrogens (tertiary/aromatic N) is 2. The lowest BCUT2D eigenvalue weighted by Gasteiger charge is -1.98. The van der Waals surface area contributed by atoms with Crippen molar-refractivity contribution in [3.63, 3.8) is 0 Å². The molecule has 0 radical (unpaired) electrons. The van der Waals surface area contributed by atoms with Crippen LogP contribution in [-0.4, -0.2) is 9.38 Å². The van der Waals surface area contributed by atoms with E-state index in [2.05, 4.69) is 42.4 Å². The Balaban J connectivity index is 1.90. The first-order valence-corrected chi connectivity index (χ1v) is 6.47. The fraction of sp³-hybridized carbons (Fsp3) is 0.188. The average molecular weight is 251 g/mol. The van der Waals surface area contributed by atoms with Gasteiger partial charge in [-0.25, -0.2) is 4.98 Å². The number of benzene rings is 1. The molecule has 3 heteroatoms. The molecule has 0 aliphatic rings. The average Bonchev–Trinajstić information content (AvgIpc) is 2.82.